The van der Waals surface area contributed by atoms with E-state index in [2.05, 4.69) is 5.32 Å². The highest BCUT2D eigenvalue weighted by molar-refractivity contribution is 5.35. The fourth-order valence-electron chi connectivity index (χ4n) is 1.78. The molecule has 0 aliphatic carbocycles. The maximum atomic E-state index is 10.7. The van der Waals surface area contributed by atoms with E-state index in [1.165, 1.54) is 6.07 Å². The first-order chi connectivity index (χ1) is 8.58. The molecule has 18 heavy (non-hydrogen) atoms. The van der Waals surface area contributed by atoms with Gasteiger partial charge < -0.3 is 10.4 Å². The van der Waals surface area contributed by atoms with Gasteiger partial charge in [0.25, 0.3) is 5.69 Å². The van der Waals surface area contributed by atoms with Crippen molar-refractivity contribution in [2.45, 2.75) is 38.8 Å². The molecule has 1 aromatic rings. The predicted molar refractivity (Wildman–Crippen MR) is 70.4 cm³/mol. The van der Waals surface area contributed by atoms with Crippen LogP contribution in [0, 0.1) is 10.1 Å². The zero-order valence-electron chi connectivity index (χ0n) is 10.8. The van der Waals surface area contributed by atoms with Crippen molar-refractivity contribution < 1.29 is 10.0 Å². The molecule has 2 N–H and O–H groups in total. The third-order valence-corrected chi connectivity index (χ3v) is 2.96. The summed E-state index contributed by atoms with van der Waals surface area (Å²) < 4.78 is 0. The van der Waals surface area contributed by atoms with Crippen molar-refractivity contribution in [1.82, 2.24) is 5.32 Å². The Hall–Kier alpha value is -1.46. The molecule has 0 saturated carbocycles. The average molecular weight is 252 g/mol. The second-order valence-electron chi connectivity index (χ2n) is 4.28. The number of hydrogen-bond acceptors (Lipinski definition) is 4. The molecular weight excluding hydrogens is 232 g/mol. The van der Waals surface area contributed by atoms with Gasteiger partial charge in [-0.05, 0) is 18.4 Å². The maximum absolute atomic E-state index is 10.7. The lowest BCUT2D eigenvalue weighted by atomic mass is 10.0. The summed E-state index contributed by atoms with van der Waals surface area (Å²) >= 11 is 0. The number of benzene rings is 1. The van der Waals surface area contributed by atoms with E-state index in [1.807, 2.05) is 19.9 Å². The molecule has 0 bridgehead atoms. The maximum Gasteiger partial charge on any atom is 0.269 e. The molecule has 0 fully saturated rings. The van der Waals surface area contributed by atoms with Crippen LogP contribution in [0.2, 0.25) is 0 Å². The van der Waals surface area contributed by atoms with Crippen LogP contribution in [-0.4, -0.2) is 22.7 Å². The summed E-state index contributed by atoms with van der Waals surface area (Å²) in [7, 11) is 0. The Morgan fingerprint density at radius 2 is 2.11 bits per heavy atom. The SMILES string of the molecule is CCC(O)CNC(CC)c1cccc([N+](=O)[O-])c1. The van der Waals surface area contributed by atoms with Gasteiger partial charge in [0, 0.05) is 24.7 Å². The van der Waals surface area contributed by atoms with Crippen LogP contribution < -0.4 is 5.32 Å². The molecule has 1 aromatic carbocycles. The van der Waals surface area contributed by atoms with Crippen molar-refractivity contribution in [2.24, 2.45) is 0 Å². The molecule has 5 nitrogen and oxygen atoms in total. The van der Waals surface area contributed by atoms with Gasteiger partial charge in [0.05, 0.1) is 11.0 Å². The molecule has 0 aromatic heterocycles. The molecule has 100 valence electrons. The Bertz CT molecular complexity index is 396. The van der Waals surface area contributed by atoms with Gasteiger partial charge in [0.15, 0.2) is 0 Å². The number of hydrogen-bond donors (Lipinski definition) is 2. The molecule has 0 spiro atoms. The molecule has 2 atom stereocenters. The fourth-order valence-corrected chi connectivity index (χ4v) is 1.78. The number of nitrogens with one attached hydrogen (secondary N) is 1. The minimum Gasteiger partial charge on any atom is -0.392 e. The van der Waals surface area contributed by atoms with Gasteiger partial charge in [-0.25, -0.2) is 0 Å². The number of non-ortho nitro benzene ring substituents is 1. The van der Waals surface area contributed by atoms with E-state index >= 15 is 0 Å². The van der Waals surface area contributed by atoms with Crippen LogP contribution in [0.5, 0.6) is 0 Å². The van der Waals surface area contributed by atoms with Crippen molar-refractivity contribution in [3.8, 4) is 0 Å². The van der Waals surface area contributed by atoms with Crippen molar-refractivity contribution in [2.75, 3.05) is 6.54 Å². The van der Waals surface area contributed by atoms with Crippen molar-refractivity contribution in [3.05, 3.63) is 39.9 Å². The van der Waals surface area contributed by atoms with Gasteiger partial charge in [0.2, 0.25) is 0 Å². The summed E-state index contributed by atoms with van der Waals surface area (Å²) in [6.07, 6.45) is 1.13. The van der Waals surface area contributed by atoms with E-state index < -0.39 is 4.92 Å². The first kappa shape index (κ1) is 14.6. The Kier molecular flexibility index (Phi) is 5.74. The average Bonchev–Trinajstić information content (AvgIpc) is 2.39. The molecular formula is C13H20N2O3. The zero-order valence-corrected chi connectivity index (χ0v) is 10.8. The number of aliphatic hydroxyl groups is 1. The molecule has 0 amide bonds. The van der Waals surface area contributed by atoms with Crippen LogP contribution in [0.4, 0.5) is 5.69 Å². The zero-order chi connectivity index (χ0) is 13.5. The lowest BCUT2D eigenvalue weighted by Crippen LogP contribution is -2.29. The summed E-state index contributed by atoms with van der Waals surface area (Å²) in [5, 5.41) is 23.5. The molecule has 1 rings (SSSR count). The van der Waals surface area contributed by atoms with Crippen LogP contribution in [0.1, 0.15) is 38.3 Å². The van der Waals surface area contributed by atoms with Crippen LogP contribution >= 0.6 is 0 Å². The summed E-state index contributed by atoms with van der Waals surface area (Å²) in [6.45, 7) is 4.42. The van der Waals surface area contributed by atoms with Crippen LogP contribution in [0.15, 0.2) is 24.3 Å². The number of nitrogens with zero attached hydrogens (tertiary/aromatic N) is 1. The lowest BCUT2D eigenvalue weighted by molar-refractivity contribution is -0.384. The Balaban J connectivity index is 2.75. The Morgan fingerprint density at radius 3 is 2.67 bits per heavy atom. The first-order valence-electron chi connectivity index (χ1n) is 6.24. The largest absolute Gasteiger partial charge is 0.392 e. The molecule has 0 radical (unpaired) electrons. The predicted octanol–water partition coefficient (Wildman–Crippen LogP) is 2.41. The fraction of sp³-hybridized carbons (Fsp3) is 0.538. The van der Waals surface area contributed by atoms with Crippen LogP contribution in [-0.2, 0) is 0 Å². The van der Waals surface area contributed by atoms with Gasteiger partial charge in [-0.3, -0.25) is 10.1 Å². The molecule has 0 aliphatic heterocycles. The van der Waals surface area contributed by atoms with Crippen molar-refractivity contribution >= 4 is 5.69 Å². The van der Waals surface area contributed by atoms with Gasteiger partial charge in [-0.1, -0.05) is 26.0 Å². The second kappa shape index (κ2) is 7.08. The van der Waals surface area contributed by atoms with Crippen LogP contribution in [0.25, 0.3) is 0 Å². The second-order valence-corrected chi connectivity index (χ2v) is 4.28. The monoisotopic (exact) mass is 252 g/mol. The first-order valence-corrected chi connectivity index (χ1v) is 6.24. The van der Waals surface area contributed by atoms with Crippen LogP contribution in [0.3, 0.4) is 0 Å². The summed E-state index contributed by atoms with van der Waals surface area (Å²) in [5.41, 5.74) is 0.985. The minimum absolute atomic E-state index is 0.0334. The van der Waals surface area contributed by atoms with Gasteiger partial charge in [-0.15, -0.1) is 0 Å². The third-order valence-electron chi connectivity index (χ3n) is 2.96. The van der Waals surface area contributed by atoms with Gasteiger partial charge in [0.1, 0.15) is 0 Å². The quantitative estimate of drug-likeness (QED) is 0.577. The third kappa shape index (κ3) is 4.09. The van der Waals surface area contributed by atoms with E-state index in [1.54, 1.807) is 12.1 Å². The molecule has 5 heteroatoms. The summed E-state index contributed by atoms with van der Waals surface area (Å²) in [6, 6.07) is 6.66. The highest BCUT2D eigenvalue weighted by Crippen LogP contribution is 2.21. The van der Waals surface area contributed by atoms with E-state index in [0.717, 1.165) is 12.0 Å². The smallest absolute Gasteiger partial charge is 0.269 e. The summed E-state index contributed by atoms with van der Waals surface area (Å²) in [5.74, 6) is 0. The number of aliphatic hydroxyl groups excluding tert-OH is 1. The number of rotatable bonds is 7. The molecule has 0 aliphatic rings. The highest BCUT2D eigenvalue weighted by atomic mass is 16.6. The van der Waals surface area contributed by atoms with Gasteiger partial charge in [-0.2, -0.15) is 0 Å². The van der Waals surface area contributed by atoms with E-state index in [9.17, 15) is 15.2 Å². The van der Waals surface area contributed by atoms with Crippen molar-refractivity contribution in [3.63, 3.8) is 0 Å². The Morgan fingerprint density at radius 1 is 1.39 bits per heavy atom. The lowest BCUT2D eigenvalue weighted by Gasteiger charge is -2.19. The Labute approximate surface area is 107 Å². The van der Waals surface area contributed by atoms with E-state index in [-0.39, 0.29) is 17.8 Å². The van der Waals surface area contributed by atoms with E-state index in [4.69, 9.17) is 0 Å². The number of nitro groups is 1. The molecule has 2 unspecified atom stereocenters. The summed E-state index contributed by atoms with van der Waals surface area (Å²) in [4.78, 5) is 10.3. The normalized spacial score (nSPS) is 14.2. The van der Waals surface area contributed by atoms with Crippen molar-refractivity contribution in [1.29, 1.82) is 0 Å². The molecule has 0 heterocycles. The topological polar surface area (TPSA) is 75.4 Å². The standard InChI is InChI=1S/C13H20N2O3/c1-3-12(16)9-14-13(4-2)10-6-5-7-11(8-10)15(17)18/h5-8,12-14,16H,3-4,9H2,1-2H3. The van der Waals surface area contributed by atoms with Gasteiger partial charge >= 0.3 is 0 Å². The minimum atomic E-state index is -0.392. The van der Waals surface area contributed by atoms with E-state index in [0.29, 0.717) is 13.0 Å². The number of nitro benzene ring substituents is 1. The highest BCUT2D eigenvalue weighted by Gasteiger charge is 2.13. The molecule has 0 saturated heterocycles.